The second-order valence-electron chi connectivity index (χ2n) is 9.43. The van der Waals surface area contributed by atoms with E-state index in [9.17, 15) is 9.59 Å². The Bertz CT molecular complexity index is 1200. The van der Waals surface area contributed by atoms with E-state index in [4.69, 9.17) is 0 Å². The number of benzene rings is 2. The Balaban J connectivity index is 1.04. The lowest BCUT2D eigenvalue weighted by Gasteiger charge is -2.34. The van der Waals surface area contributed by atoms with Crippen molar-refractivity contribution in [3.05, 3.63) is 70.3 Å². The van der Waals surface area contributed by atoms with Crippen molar-refractivity contribution in [3.8, 4) is 0 Å². The van der Waals surface area contributed by atoms with E-state index in [2.05, 4.69) is 50.4 Å². The highest BCUT2D eigenvalue weighted by Gasteiger charge is 2.18. The van der Waals surface area contributed by atoms with Crippen molar-refractivity contribution in [1.82, 2.24) is 19.4 Å². The Morgan fingerprint density at radius 3 is 2.56 bits per heavy atom. The molecule has 0 atom stereocenters. The summed E-state index contributed by atoms with van der Waals surface area (Å²) >= 11 is 0. The predicted molar refractivity (Wildman–Crippen MR) is 135 cm³/mol. The lowest BCUT2D eigenvalue weighted by molar-refractivity contribution is -0.116. The van der Waals surface area contributed by atoms with E-state index in [0.717, 1.165) is 77.3 Å². The van der Waals surface area contributed by atoms with Crippen LogP contribution < -0.4 is 10.9 Å². The molecule has 1 aromatic heterocycles. The van der Waals surface area contributed by atoms with E-state index in [1.807, 2.05) is 12.1 Å². The summed E-state index contributed by atoms with van der Waals surface area (Å²) in [5.74, 6) is 0.869. The van der Waals surface area contributed by atoms with Crippen LogP contribution >= 0.6 is 0 Å². The Labute approximate surface area is 200 Å². The van der Waals surface area contributed by atoms with Gasteiger partial charge < -0.3 is 10.2 Å². The van der Waals surface area contributed by atoms with E-state index in [-0.39, 0.29) is 11.5 Å². The minimum absolute atomic E-state index is 0.00116. The van der Waals surface area contributed by atoms with Crippen molar-refractivity contribution >= 4 is 22.5 Å². The molecule has 0 bridgehead atoms. The van der Waals surface area contributed by atoms with E-state index < -0.39 is 0 Å². The summed E-state index contributed by atoms with van der Waals surface area (Å²) in [6, 6.07) is 16.1. The van der Waals surface area contributed by atoms with Gasteiger partial charge in [0.05, 0.1) is 10.9 Å². The van der Waals surface area contributed by atoms with Gasteiger partial charge in [-0.1, -0.05) is 30.3 Å². The number of anilines is 1. The van der Waals surface area contributed by atoms with E-state index in [0.29, 0.717) is 23.0 Å². The summed E-state index contributed by atoms with van der Waals surface area (Å²) in [6.45, 7) is 7.15. The van der Waals surface area contributed by atoms with Crippen LogP contribution in [-0.2, 0) is 24.3 Å². The molecule has 7 heteroatoms. The molecule has 5 rings (SSSR count). The molecule has 1 fully saturated rings. The average molecular weight is 460 g/mol. The van der Waals surface area contributed by atoms with Crippen molar-refractivity contribution in [2.45, 2.75) is 45.2 Å². The Kier molecular flexibility index (Phi) is 7.02. The number of hydrogen-bond donors (Lipinski definition) is 1. The van der Waals surface area contributed by atoms with Crippen molar-refractivity contribution in [1.29, 1.82) is 0 Å². The number of rotatable bonds is 8. The molecule has 34 heavy (non-hydrogen) atoms. The quantitative estimate of drug-likeness (QED) is 0.524. The summed E-state index contributed by atoms with van der Waals surface area (Å²) in [7, 11) is 0. The predicted octanol–water partition coefficient (Wildman–Crippen LogP) is 3.27. The molecular weight excluding hydrogens is 426 g/mol. The van der Waals surface area contributed by atoms with Crippen molar-refractivity contribution in [3.63, 3.8) is 0 Å². The second-order valence-corrected chi connectivity index (χ2v) is 9.43. The zero-order valence-corrected chi connectivity index (χ0v) is 19.7. The molecule has 1 N–H and O–H groups in total. The number of amides is 1. The third-order valence-corrected chi connectivity index (χ3v) is 6.94. The van der Waals surface area contributed by atoms with Gasteiger partial charge in [-0.15, -0.1) is 0 Å². The van der Waals surface area contributed by atoms with Gasteiger partial charge in [-0.2, -0.15) is 0 Å². The van der Waals surface area contributed by atoms with E-state index in [1.165, 1.54) is 5.56 Å². The summed E-state index contributed by atoms with van der Waals surface area (Å²) in [5, 5.41) is 3.54. The van der Waals surface area contributed by atoms with Gasteiger partial charge in [0.2, 0.25) is 5.91 Å². The molecule has 2 aromatic carbocycles. The minimum Gasteiger partial charge on any atom is -0.326 e. The van der Waals surface area contributed by atoms with Gasteiger partial charge in [-0.25, -0.2) is 4.98 Å². The molecule has 0 aliphatic carbocycles. The Morgan fingerprint density at radius 2 is 1.74 bits per heavy atom. The fourth-order valence-electron chi connectivity index (χ4n) is 5.02. The number of carbonyl (C=O) groups is 1. The smallest absolute Gasteiger partial charge is 0.261 e. The minimum atomic E-state index is -0.00235. The molecule has 0 radical (unpaired) electrons. The first kappa shape index (κ1) is 22.7. The van der Waals surface area contributed by atoms with Gasteiger partial charge in [0.25, 0.3) is 5.56 Å². The molecule has 3 heterocycles. The molecule has 178 valence electrons. The van der Waals surface area contributed by atoms with E-state index in [1.54, 1.807) is 10.6 Å². The summed E-state index contributed by atoms with van der Waals surface area (Å²) < 4.78 is 1.76. The second kappa shape index (κ2) is 10.5. The molecule has 2 aliphatic rings. The Morgan fingerprint density at radius 1 is 0.941 bits per heavy atom. The normalized spacial score (nSPS) is 16.6. The van der Waals surface area contributed by atoms with Crippen LogP contribution in [0.2, 0.25) is 0 Å². The number of fused-ring (bicyclic) bond motifs is 2. The highest BCUT2D eigenvalue weighted by Crippen LogP contribution is 2.19. The molecule has 0 spiro atoms. The lowest BCUT2D eigenvalue weighted by atomic mass is 10.1. The average Bonchev–Trinajstić information content (AvgIpc) is 3.33. The van der Waals surface area contributed by atoms with E-state index >= 15 is 0 Å². The zero-order valence-electron chi connectivity index (χ0n) is 19.7. The Hall–Kier alpha value is -3.03. The molecular formula is C27H33N5O2. The van der Waals surface area contributed by atoms with Crippen molar-refractivity contribution in [2.24, 2.45) is 0 Å². The van der Waals surface area contributed by atoms with Gasteiger partial charge in [0.15, 0.2) is 0 Å². The molecule has 0 unspecified atom stereocenters. The number of carbonyl (C=O) groups excluding carboxylic acids is 1. The van der Waals surface area contributed by atoms with Crippen LogP contribution in [0.5, 0.6) is 0 Å². The fourth-order valence-corrected chi connectivity index (χ4v) is 5.02. The third-order valence-electron chi connectivity index (χ3n) is 6.94. The SMILES string of the molecule is O=C(CCCCN1CCN(Cc2ccccc2)CC1)Nc1ccc2nc3n(c(=O)c2c1)CCC3. The summed E-state index contributed by atoms with van der Waals surface area (Å²) in [6.07, 6.45) is 4.19. The first-order chi connectivity index (χ1) is 16.7. The van der Waals surface area contributed by atoms with Crippen LogP contribution in [0.25, 0.3) is 10.9 Å². The molecule has 1 amide bonds. The zero-order chi connectivity index (χ0) is 23.3. The number of nitrogens with one attached hydrogen (secondary N) is 1. The van der Waals surface area contributed by atoms with Crippen molar-refractivity contribution in [2.75, 3.05) is 38.0 Å². The topological polar surface area (TPSA) is 70.5 Å². The highest BCUT2D eigenvalue weighted by atomic mass is 16.1. The maximum absolute atomic E-state index is 12.7. The molecule has 7 nitrogen and oxygen atoms in total. The number of aryl methyl sites for hydroxylation is 1. The monoisotopic (exact) mass is 459 g/mol. The van der Waals surface area contributed by atoms with Gasteiger partial charge >= 0.3 is 0 Å². The lowest BCUT2D eigenvalue weighted by Crippen LogP contribution is -2.46. The van der Waals surface area contributed by atoms with Crippen LogP contribution in [0.1, 0.15) is 37.1 Å². The van der Waals surface area contributed by atoms with Gasteiger partial charge in [-0.3, -0.25) is 19.1 Å². The largest absolute Gasteiger partial charge is 0.326 e. The number of hydrogen-bond acceptors (Lipinski definition) is 5. The van der Waals surface area contributed by atoms with Crippen LogP contribution in [0.3, 0.4) is 0 Å². The first-order valence-electron chi connectivity index (χ1n) is 12.5. The molecule has 2 aliphatic heterocycles. The number of unbranched alkanes of at least 4 members (excludes halogenated alkanes) is 1. The molecule has 0 saturated carbocycles. The van der Waals surface area contributed by atoms with Gasteiger partial charge in [-0.05, 0) is 49.6 Å². The first-order valence-corrected chi connectivity index (χ1v) is 12.5. The third kappa shape index (κ3) is 5.37. The molecule has 1 saturated heterocycles. The summed E-state index contributed by atoms with van der Waals surface area (Å²) in [4.78, 5) is 34.8. The summed E-state index contributed by atoms with van der Waals surface area (Å²) in [5.41, 5.74) is 2.75. The van der Waals surface area contributed by atoms with Crippen LogP contribution in [0, 0.1) is 0 Å². The highest BCUT2D eigenvalue weighted by molar-refractivity contribution is 5.93. The molecule has 3 aromatic rings. The van der Waals surface area contributed by atoms with Crippen molar-refractivity contribution < 1.29 is 4.79 Å². The maximum Gasteiger partial charge on any atom is 0.261 e. The van der Waals surface area contributed by atoms with Gasteiger partial charge in [0.1, 0.15) is 5.82 Å². The van der Waals surface area contributed by atoms with Crippen LogP contribution in [-0.4, -0.2) is 58.0 Å². The van der Waals surface area contributed by atoms with Gasteiger partial charge in [0, 0.05) is 57.8 Å². The fraction of sp³-hybridized carbons (Fsp3) is 0.444. The van der Waals surface area contributed by atoms with Crippen LogP contribution in [0.15, 0.2) is 53.3 Å². The maximum atomic E-state index is 12.7. The number of nitrogens with zero attached hydrogens (tertiary/aromatic N) is 4. The number of aromatic nitrogens is 2. The van der Waals surface area contributed by atoms with Crippen LogP contribution in [0.4, 0.5) is 5.69 Å². The number of piperazine rings is 1. The standard InChI is InChI=1S/C27H33N5O2/c33-26(28-22-11-12-24-23(19-22)27(34)32-14-6-9-25(32)29-24)10-4-5-13-30-15-17-31(18-16-30)20-21-7-2-1-3-8-21/h1-3,7-8,11-12,19H,4-6,9-10,13-18,20H2,(H,28,33).